The summed E-state index contributed by atoms with van der Waals surface area (Å²) in [5, 5.41) is 0. The van der Waals surface area contributed by atoms with E-state index in [4.69, 9.17) is 10.5 Å². The average Bonchev–Trinajstić information content (AvgIpc) is 2.36. The zero-order valence-electron chi connectivity index (χ0n) is 10.1. The Hall–Kier alpha value is -1.55. The van der Waals surface area contributed by atoms with Gasteiger partial charge in [0.25, 0.3) is 0 Å². The van der Waals surface area contributed by atoms with Crippen LogP contribution < -0.4 is 10.5 Å². The summed E-state index contributed by atoms with van der Waals surface area (Å²) in [6.45, 7) is 1.44. The van der Waals surface area contributed by atoms with Gasteiger partial charge in [-0.05, 0) is 30.5 Å². The van der Waals surface area contributed by atoms with E-state index in [9.17, 15) is 4.79 Å². The lowest BCUT2D eigenvalue weighted by Crippen LogP contribution is -2.47. The number of benzene rings is 1. The monoisotopic (exact) mass is 234 g/mol. The molecule has 1 aliphatic heterocycles. The number of hydrogen-bond donors (Lipinski definition) is 1. The van der Waals surface area contributed by atoms with E-state index in [-0.39, 0.29) is 11.9 Å². The maximum absolute atomic E-state index is 11.8. The van der Waals surface area contributed by atoms with E-state index in [0.717, 1.165) is 30.7 Å². The molecule has 1 amide bonds. The second kappa shape index (κ2) is 5.19. The second-order valence-electron chi connectivity index (χ2n) is 4.36. The van der Waals surface area contributed by atoms with Crippen molar-refractivity contribution in [2.75, 3.05) is 13.7 Å². The summed E-state index contributed by atoms with van der Waals surface area (Å²) in [7, 11) is 1.64. The lowest BCUT2D eigenvalue weighted by Gasteiger charge is -2.30. The standard InChI is InChI=1S/C13H18N2O2/c1-17-11-6-4-10(5-7-11)9-15-8-2-3-12(14)13(15)16/h4-7,12H,2-3,8-9,14H2,1H3. The van der Waals surface area contributed by atoms with Crippen LogP contribution in [0.25, 0.3) is 0 Å². The molecule has 1 atom stereocenters. The highest BCUT2D eigenvalue weighted by Gasteiger charge is 2.25. The van der Waals surface area contributed by atoms with Crippen molar-refractivity contribution in [3.8, 4) is 5.75 Å². The van der Waals surface area contributed by atoms with Crippen LogP contribution in [-0.2, 0) is 11.3 Å². The number of carbonyl (C=O) groups is 1. The summed E-state index contributed by atoms with van der Waals surface area (Å²) >= 11 is 0. The number of rotatable bonds is 3. The fourth-order valence-corrected chi connectivity index (χ4v) is 2.08. The third kappa shape index (κ3) is 2.77. The minimum Gasteiger partial charge on any atom is -0.497 e. The molecule has 0 radical (unpaired) electrons. The Morgan fingerprint density at radius 1 is 1.41 bits per heavy atom. The quantitative estimate of drug-likeness (QED) is 0.853. The lowest BCUT2D eigenvalue weighted by atomic mass is 10.0. The van der Waals surface area contributed by atoms with Gasteiger partial charge in [-0.1, -0.05) is 12.1 Å². The van der Waals surface area contributed by atoms with Gasteiger partial charge in [-0.2, -0.15) is 0 Å². The SMILES string of the molecule is COc1ccc(CN2CCCC(N)C2=O)cc1. The minimum absolute atomic E-state index is 0.0621. The summed E-state index contributed by atoms with van der Waals surface area (Å²) in [6.07, 6.45) is 1.79. The van der Waals surface area contributed by atoms with Gasteiger partial charge >= 0.3 is 0 Å². The third-order valence-corrected chi connectivity index (χ3v) is 3.10. The number of carbonyl (C=O) groups excluding carboxylic acids is 1. The van der Waals surface area contributed by atoms with Crippen LogP contribution in [0.4, 0.5) is 0 Å². The van der Waals surface area contributed by atoms with Crippen LogP contribution in [0, 0.1) is 0 Å². The van der Waals surface area contributed by atoms with Crippen molar-refractivity contribution in [3.63, 3.8) is 0 Å². The van der Waals surface area contributed by atoms with Crippen molar-refractivity contribution in [2.24, 2.45) is 5.73 Å². The highest BCUT2D eigenvalue weighted by Crippen LogP contribution is 2.16. The largest absolute Gasteiger partial charge is 0.497 e. The highest BCUT2D eigenvalue weighted by molar-refractivity contribution is 5.82. The van der Waals surface area contributed by atoms with E-state index in [0.29, 0.717) is 6.54 Å². The number of methoxy groups -OCH3 is 1. The highest BCUT2D eigenvalue weighted by atomic mass is 16.5. The number of nitrogens with two attached hydrogens (primary N) is 1. The number of piperidine rings is 1. The van der Waals surface area contributed by atoms with E-state index < -0.39 is 0 Å². The van der Waals surface area contributed by atoms with Gasteiger partial charge in [-0.15, -0.1) is 0 Å². The first-order chi connectivity index (χ1) is 8.20. The van der Waals surface area contributed by atoms with Gasteiger partial charge in [-0.3, -0.25) is 4.79 Å². The number of ether oxygens (including phenoxy) is 1. The van der Waals surface area contributed by atoms with E-state index >= 15 is 0 Å². The van der Waals surface area contributed by atoms with Crippen LogP contribution in [0.2, 0.25) is 0 Å². The van der Waals surface area contributed by atoms with Gasteiger partial charge in [0.1, 0.15) is 5.75 Å². The molecular formula is C13H18N2O2. The molecule has 0 aromatic heterocycles. The average molecular weight is 234 g/mol. The Morgan fingerprint density at radius 2 is 2.12 bits per heavy atom. The van der Waals surface area contributed by atoms with E-state index in [1.165, 1.54) is 0 Å². The van der Waals surface area contributed by atoms with Gasteiger partial charge in [0.15, 0.2) is 0 Å². The molecule has 0 aliphatic carbocycles. The molecule has 1 aliphatic rings. The van der Waals surface area contributed by atoms with Crippen LogP contribution in [0.5, 0.6) is 5.75 Å². The van der Waals surface area contributed by atoms with Crippen LogP contribution in [0.3, 0.4) is 0 Å². The second-order valence-corrected chi connectivity index (χ2v) is 4.36. The first-order valence-corrected chi connectivity index (χ1v) is 5.88. The van der Waals surface area contributed by atoms with Crippen molar-refractivity contribution in [2.45, 2.75) is 25.4 Å². The molecule has 2 N–H and O–H groups in total. The molecule has 1 aromatic carbocycles. The van der Waals surface area contributed by atoms with Gasteiger partial charge in [0, 0.05) is 13.1 Å². The molecular weight excluding hydrogens is 216 g/mol. The Labute approximate surface area is 101 Å². The first-order valence-electron chi connectivity index (χ1n) is 5.88. The molecule has 1 saturated heterocycles. The molecule has 17 heavy (non-hydrogen) atoms. The summed E-state index contributed by atoms with van der Waals surface area (Å²) in [5.74, 6) is 0.891. The zero-order chi connectivity index (χ0) is 12.3. The van der Waals surface area contributed by atoms with Crippen molar-refractivity contribution in [1.29, 1.82) is 0 Å². The Bertz CT molecular complexity index is 389. The lowest BCUT2D eigenvalue weighted by molar-refractivity contribution is -0.135. The third-order valence-electron chi connectivity index (χ3n) is 3.10. The fraction of sp³-hybridized carbons (Fsp3) is 0.462. The summed E-state index contributed by atoms with van der Waals surface area (Å²) in [5.41, 5.74) is 6.86. The van der Waals surface area contributed by atoms with E-state index in [1.54, 1.807) is 7.11 Å². The number of hydrogen-bond acceptors (Lipinski definition) is 3. The molecule has 0 spiro atoms. The molecule has 1 aromatic rings. The van der Waals surface area contributed by atoms with E-state index in [1.807, 2.05) is 29.2 Å². The van der Waals surface area contributed by atoms with Crippen LogP contribution >= 0.6 is 0 Å². The Morgan fingerprint density at radius 3 is 2.76 bits per heavy atom. The van der Waals surface area contributed by atoms with Crippen LogP contribution in [-0.4, -0.2) is 30.5 Å². The minimum atomic E-state index is -0.318. The summed E-state index contributed by atoms with van der Waals surface area (Å²) in [4.78, 5) is 13.7. The van der Waals surface area contributed by atoms with Crippen molar-refractivity contribution >= 4 is 5.91 Å². The maximum atomic E-state index is 11.8. The molecule has 1 heterocycles. The number of likely N-dealkylation sites (tertiary alicyclic amines) is 1. The van der Waals surface area contributed by atoms with Crippen molar-refractivity contribution in [3.05, 3.63) is 29.8 Å². The predicted octanol–water partition coefficient (Wildman–Crippen LogP) is 1.14. The molecule has 0 saturated carbocycles. The summed E-state index contributed by atoms with van der Waals surface area (Å²) in [6, 6.07) is 7.45. The molecule has 1 fully saturated rings. The fourth-order valence-electron chi connectivity index (χ4n) is 2.08. The molecule has 92 valence electrons. The Balaban J connectivity index is 2.01. The molecule has 0 bridgehead atoms. The Kier molecular flexibility index (Phi) is 3.64. The van der Waals surface area contributed by atoms with Crippen LogP contribution in [0.15, 0.2) is 24.3 Å². The number of nitrogens with zero attached hydrogens (tertiary/aromatic N) is 1. The van der Waals surface area contributed by atoms with Crippen molar-refractivity contribution < 1.29 is 9.53 Å². The van der Waals surface area contributed by atoms with Gasteiger partial charge < -0.3 is 15.4 Å². The summed E-state index contributed by atoms with van der Waals surface area (Å²) < 4.78 is 5.10. The first kappa shape index (κ1) is 11.9. The van der Waals surface area contributed by atoms with E-state index in [2.05, 4.69) is 0 Å². The molecule has 1 unspecified atom stereocenters. The maximum Gasteiger partial charge on any atom is 0.239 e. The molecule has 2 rings (SSSR count). The van der Waals surface area contributed by atoms with Gasteiger partial charge in [0.05, 0.1) is 13.2 Å². The van der Waals surface area contributed by atoms with Crippen molar-refractivity contribution in [1.82, 2.24) is 4.90 Å². The van der Waals surface area contributed by atoms with Gasteiger partial charge in [0.2, 0.25) is 5.91 Å². The molecule has 4 heteroatoms. The molecule has 4 nitrogen and oxygen atoms in total. The smallest absolute Gasteiger partial charge is 0.239 e. The van der Waals surface area contributed by atoms with Gasteiger partial charge in [-0.25, -0.2) is 0 Å². The normalized spacial score (nSPS) is 20.5. The van der Waals surface area contributed by atoms with Crippen LogP contribution in [0.1, 0.15) is 18.4 Å². The zero-order valence-corrected chi connectivity index (χ0v) is 10.1. The predicted molar refractivity (Wildman–Crippen MR) is 65.6 cm³/mol. The number of amides is 1. The topological polar surface area (TPSA) is 55.6 Å².